The second kappa shape index (κ2) is 12.4. The molecule has 3 heterocycles. The van der Waals surface area contributed by atoms with E-state index in [-0.39, 0.29) is 6.17 Å². The van der Waals surface area contributed by atoms with Crippen molar-refractivity contribution in [2.45, 2.75) is 6.17 Å². The Bertz CT molecular complexity index is 3110. The van der Waals surface area contributed by atoms with Crippen LogP contribution in [0.5, 0.6) is 0 Å². The van der Waals surface area contributed by atoms with Gasteiger partial charge in [-0.1, -0.05) is 146 Å². The third kappa shape index (κ3) is 5.05. The van der Waals surface area contributed by atoms with Crippen LogP contribution in [0, 0.1) is 0 Å². The lowest BCUT2D eigenvalue weighted by Gasteiger charge is -2.23. The van der Waals surface area contributed by atoms with Gasteiger partial charge in [0.05, 0.1) is 11.0 Å². The molecule has 2 aromatic heterocycles. The van der Waals surface area contributed by atoms with Crippen molar-refractivity contribution in [3.8, 4) is 16.8 Å². The van der Waals surface area contributed by atoms with Gasteiger partial charge in [0, 0.05) is 47.8 Å². The van der Waals surface area contributed by atoms with Crippen LogP contribution in [0.3, 0.4) is 0 Å². The highest BCUT2D eigenvalue weighted by molar-refractivity contribution is 7.25. The van der Waals surface area contributed by atoms with E-state index in [0.717, 1.165) is 45.2 Å². The van der Waals surface area contributed by atoms with Crippen molar-refractivity contribution in [2.24, 2.45) is 9.98 Å². The first kappa shape index (κ1) is 30.8. The lowest BCUT2D eigenvalue weighted by atomic mass is 10.0. The van der Waals surface area contributed by atoms with Gasteiger partial charge in [-0.2, -0.15) is 0 Å². The second-order valence-electron chi connectivity index (χ2n) is 13.8. The van der Waals surface area contributed by atoms with E-state index < -0.39 is 0 Å². The molecule has 0 saturated carbocycles. The molecule has 0 aliphatic carbocycles. The fourth-order valence-electron chi connectivity index (χ4n) is 8.04. The van der Waals surface area contributed by atoms with Crippen LogP contribution in [0.2, 0.25) is 0 Å². The number of nitrogens with zero attached hydrogens (tertiary/aromatic N) is 3. The Kier molecular flexibility index (Phi) is 7.07. The molecule has 10 aromatic rings. The first-order valence-electron chi connectivity index (χ1n) is 18.3. The van der Waals surface area contributed by atoms with E-state index >= 15 is 0 Å². The Morgan fingerprint density at radius 3 is 1.96 bits per heavy atom. The van der Waals surface area contributed by atoms with Crippen molar-refractivity contribution in [1.29, 1.82) is 0 Å². The van der Waals surface area contributed by atoms with Crippen LogP contribution in [0.25, 0.3) is 69.6 Å². The van der Waals surface area contributed by atoms with Gasteiger partial charge in [-0.25, -0.2) is 9.98 Å². The van der Waals surface area contributed by atoms with Crippen molar-refractivity contribution in [3.05, 3.63) is 199 Å². The minimum absolute atomic E-state index is 0.252. The van der Waals surface area contributed by atoms with Crippen molar-refractivity contribution in [3.63, 3.8) is 0 Å². The zero-order chi connectivity index (χ0) is 35.6. The number of aliphatic imine (C=N–C) groups is 2. The quantitative estimate of drug-likeness (QED) is 0.190. The zero-order valence-corrected chi connectivity index (χ0v) is 30.0. The molecule has 1 aliphatic rings. The molecule has 0 fully saturated rings. The highest BCUT2D eigenvalue weighted by Gasteiger charge is 2.22. The predicted molar refractivity (Wildman–Crippen MR) is 228 cm³/mol. The van der Waals surface area contributed by atoms with Gasteiger partial charge in [-0.15, -0.1) is 11.3 Å². The first-order chi connectivity index (χ1) is 26.7. The molecule has 11 rings (SSSR count). The molecule has 1 unspecified atom stereocenters. The highest BCUT2D eigenvalue weighted by Crippen LogP contribution is 2.38. The number of benzene rings is 8. The molecule has 8 aromatic carbocycles. The monoisotopic (exact) mass is 708 g/mol. The number of rotatable bonds is 5. The number of thiophene rings is 1. The molecule has 0 saturated heterocycles. The minimum Gasteiger partial charge on any atom is -0.344 e. The molecule has 0 bridgehead atoms. The number of fused-ring (bicyclic) bond motifs is 8. The van der Waals surface area contributed by atoms with E-state index in [1.807, 2.05) is 17.4 Å². The summed E-state index contributed by atoms with van der Waals surface area (Å²) < 4.78 is 4.93. The fourth-order valence-corrected chi connectivity index (χ4v) is 9.18. The molecule has 1 aliphatic heterocycles. The summed E-state index contributed by atoms with van der Waals surface area (Å²) in [5, 5.41) is 11.3. The van der Waals surface area contributed by atoms with Crippen molar-refractivity contribution in [2.75, 3.05) is 0 Å². The van der Waals surface area contributed by atoms with Gasteiger partial charge in [-0.05, 0) is 63.9 Å². The van der Waals surface area contributed by atoms with Gasteiger partial charge in [-0.3, -0.25) is 0 Å². The average Bonchev–Trinajstić information content (AvgIpc) is 3.80. The van der Waals surface area contributed by atoms with Gasteiger partial charge in [0.25, 0.3) is 0 Å². The van der Waals surface area contributed by atoms with Gasteiger partial charge >= 0.3 is 0 Å². The number of hydrogen-bond acceptors (Lipinski definition) is 4. The molecular formula is C49H32N4S. The van der Waals surface area contributed by atoms with Crippen LogP contribution in [0.15, 0.2) is 192 Å². The molecule has 4 nitrogen and oxygen atoms in total. The van der Waals surface area contributed by atoms with Crippen molar-refractivity contribution >= 4 is 75.8 Å². The summed E-state index contributed by atoms with van der Waals surface area (Å²) in [4.78, 5) is 10.3. The number of nitrogens with one attached hydrogen (secondary N) is 1. The lowest BCUT2D eigenvalue weighted by Crippen LogP contribution is -2.33. The maximum absolute atomic E-state index is 5.13. The molecule has 1 N–H and O–H groups in total. The Morgan fingerprint density at radius 1 is 0.481 bits per heavy atom. The van der Waals surface area contributed by atoms with Crippen LogP contribution < -0.4 is 5.32 Å². The third-order valence-corrected chi connectivity index (χ3v) is 11.8. The van der Waals surface area contributed by atoms with Crippen LogP contribution in [0.1, 0.15) is 22.9 Å². The second-order valence-corrected chi connectivity index (χ2v) is 14.9. The highest BCUT2D eigenvalue weighted by atomic mass is 32.1. The van der Waals surface area contributed by atoms with Gasteiger partial charge in [0.1, 0.15) is 12.0 Å². The van der Waals surface area contributed by atoms with Crippen LogP contribution in [-0.2, 0) is 0 Å². The van der Waals surface area contributed by atoms with Crippen molar-refractivity contribution in [1.82, 2.24) is 9.88 Å². The zero-order valence-electron chi connectivity index (χ0n) is 29.1. The maximum Gasteiger partial charge on any atom is 0.159 e. The molecule has 0 amide bonds. The summed E-state index contributed by atoms with van der Waals surface area (Å²) in [7, 11) is 0. The van der Waals surface area contributed by atoms with E-state index in [0.29, 0.717) is 0 Å². The fraction of sp³-hybridized carbons (Fsp3) is 0.0204. The molecule has 54 heavy (non-hydrogen) atoms. The number of para-hydroxylation sites is 1. The maximum atomic E-state index is 5.13. The Labute approximate surface area is 316 Å². The SMILES string of the molecule is c1ccc(C2N=C(c3ccc(-c4ccc(-n5c6ccccc6c6c7ccccc7ccc65)cc4)cc3)N=C(c3ccc4c(c3)sc3ccccc34)N2)cc1. The summed E-state index contributed by atoms with van der Waals surface area (Å²) in [6.07, 6.45) is -0.252. The Hall–Kier alpha value is -6.82. The predicted octanol–water partition coefficient (Wildman–Crippen LogP) is 12.5. The summed E-state index contributed by atoms with van der Waals surface area (Å²) >= 11 is 1.82. The third-order valence-electron chi connectivity index (χ3n) is 10.7. The van der Waals surface area contributed by atoms with Crippen LogP contribution >= 0.6 is 11.3 Å². The van der Waals surface area contributed by atoms with E-state index in [9.17, 15) is 0 Å². The molecule has 254 valence electrons. The Morgan fingerprint density at radius 2 is 1.13 bits per heavy atom. The summed E-state index contributed by atoms with van der Waals surface area (Å²) in [5.41, 5.74) is 9.00. The normalized spacial score (nSPS) is 14.5. The average molecular weight is 709 g/mol. The number of hydrogen-bond donors (Lipinski definition) is 1. The van der Waals surface area contributed by atoms with Gasteiger partial charge in [0.15, 0.2) is 5.84 Å². The topological polar surface area (TPSA) is 41.7 Å². The number of amidine groups is 2. The first-order valence-corrected chi connectivity index (χ1v) is 19.1. The molecule has 1 atom stereocenters. The minimum atomic E-state index is -0.252. The van der Waals surface area contributed by atoms with Crippen molar-refractivity contribution < 1.29 is 0 Å². The lowest BCUT2D eigenvalue weighted by molar-refractivity contribution is 0.674. The standard InChI is InChI=1S/C49H32N4S/c1-2-11-34(12-3-1)47-50-48(52-49(51-47)36-24-28-40-39-14-7-9-17-44(39)54-45(40)30-36)35-20-18-31(19-21-35)32-22-26-37(27-23-32)53-42-16-8-6-15-41(42)46-38-13-5-4-10-33(38)25-29-43(46)53/h1-30,47H,(H,50,51,52). The van der Waals surface area contributed by atoms with E-state index in [1.54, 1.807) is 0 Å². The largest absolute Gasteiger partial charge is 0.344 e. The summed E-state index contributed by atoms with van der Waals surface area (Å²) in [6, 6.07) is 65.1. The molecule has 5 heteroatoms. The van der Waals surface area contributed by atoms with E-state index in [4.69, 9.17) is 9.98 Å². The van der Waals surface area contributed by atoms with Crippen LogP contribution in [0.4, 0.5) is 0 Å². The van der Waals surface area contributed by atoms with Crippen LogP contribution in [-0.4, -0.2) is 16.2 Å². The summed E-state index contributed by atoms with van der Waals surface area (Å²) in [6.45, 7) is 0. The molecule has 0 spiro atoms. The summed E-state index contributed by atoms with van der Waals surface area (Å²) in [5.74, 6) is 1.54. The smallest absolute Gasteiger partial charge is 0.159 e. The van der Waals surface area contributed by atoms with E-state index in [1.165, 1.54) is 52.8 Å². The molecular weight excluding hydrogens is 677 g/mol. The molecule has 0 radical (unpaired) electrons. The van der Waals surface area contributed by atoms with Gasteiger partial charge < -0.3 is 9.88 Å². The van der Waals surface area contributed by atoms with Gasteiger partial charge in [0.2, 0.25) is 0 Å². The Balaban J connectivity index is 0.941. The van der Waals surface area contributed by atoms with E-state index in [2.05, 4.69) is 186 Å². The number of aromatic nitrogens is 1.